The topological polar surface area (TPSA) is 91.0 Å². The summed E-state index contributed by atoms with van der Waals surface area (Å²) < 4.78 is 14.6. The molecule has 0 aromatic carbocycles. The van der Waals surface area contributed by atoms with Crippen LogP contribution in [0.2, 0.25) is 0 Å². The summed E-state index contributed by atoms with van der Waals surface area (Å²) in [6.07, 6.45) is -0.485. The lowest BCUT2D eigenvalue weighted by Crippen LogP contribution is -2.36. The smallest absolute Gasteiger partial charge is 0.322 e. The Balaban J connectivity index is 3.48. The summed E-state index contributed by atoms with van der Waals surface area (Å²) >= 11 is 0. The van der Waals surface area contributed by atoms with Crippen LogP contribution in [0.5, 0.6) is 0 Å². The van der Waals surface area contributed by atoms with Crippen LogP contribution in [-0.2, 0) is 19.0 Å². The molecule has 0 saturated heterocycles. The molecule has 0 heterocycles. The molecule has 0 fully saturated rings. The molecule has 0 unspecified atom stereocenters. The maximum absolute atomic E-state index is 10.2. The van der Waals surface area contributed by atoms with Gasteiger partial charge in [0, 0.05) is 14.2 Å². The number of carboxylic acid groups (broad SMARTS) is 1. The zero-order chi connectivity index (χ0) is 10.3. The predicted octanol–water partition coefficient (Wildman–Crippen LogP) is -0.966. The SMILES string of the molecule is COC(COC[C@H](N)C(=O)O)OC. The average Bonchev–Trinajstić information content (AvgIpc) is 2.12. The van der Waals surface area contributed by atoms with E-state index in [9.17, 15) is 4.79 Å². The normalized spacial score (nSPS) is 13.2. The second-order valence-electron chi connectivity index (χ2n) is 2.38. The highest BCUT2D eigenvalue weighted by molar-refractivity contribution is 5.73. The first kappa shape index (κ1) is 12.3. The van der Waals surface area contributed by atoms with E-state index in [1.165, 1.54) is 14.2 Å². The molecule has 3 N–H and O–H groups in total. The summed E-state index contributed by atoms with van der Waals surface area (Å²) in [4.78, 5) is 10.2. The molecule has 0 aliphatic carbocycles. The number of methoxy groups -OCH3 is 2. The van der Waals surface area contributed by atoms with Crippen LogP contribution in [0.25, 0.3) is 0 Å². The van der Waals surface area contributed by atoms with Crippen molar-refractivity contribution in [2.45, 2.75) is 12.3 Å². The third-order valence-electron chi connectivity index (χ3n) is 1.39. The van der Waals surface area contributed by atoms with Crippen molar-refractivity contribution in [3.63, 3.8) is 0 Å². The zero-order valence-electron chi connectivity index (χ0n) is 7.73. The molecule has 6 heteroatoms. The van der Waals surface area contributed by atoms with Gasteiger partial charge in [-0.25, -0.2) is 0 Å². The molecule has 0 spiro atoms. The molecule has 6 nitrogen and oxygen atoms in total. The molecule has 13 heavy (non-hydrogen) atoms. The first-order chi connectivity index (χ1) is 6.11. The number of hydrogen-bond donors (Lipinski definition) is 2. The third-order valence-corrected chi connectivity index (χ3v) is 1.39. The summed E-state index contributed by atoms with van der Waals surface area (Å²) in [6, 6.07) is -1.01. The molecule has 0 bridgehead atoms. The van der Waals surface area contributed by atoms with E-state index in [2.05, 4.69) is 0 Å². The fourth-order valence-corrected chi connectivity index (χ4v) is 0.595. The van der Waals surface area contributed by atoms with E-state index in [-0.39, 0.29) is 13.2 Å². The van der Waals surface area contributed by atoms with E-state index < -0.39 is 18.3 Å². The van der Waals surface area contributed by atoms with Crippen molar-refractivity contribution in [2.75, 3.05) is 27.4 Å². The van der Waals surface area contributed by atoms with Gasteiger partial charge in [-0.15, -0.1) is 0 Å². The average molecular weight is 193 g/mol. The quantitative estimate of drug-likeness (QED) is 0.506. The van der Waals surface area contributed by atoms with Gasteiger partial charge in [0.25, 0.3) is 0 Å². The number of aliphatic carboxylic acids is 1. The number of ether oxygens (including phenoxy) is 3. The Morgan fingerprint density at radius 2 is 1.92 bits per heavy atom. The Labute approximate surface area is 76.6 Å². The zero-order valence-corrected chi connectivity index (χ0v) is 7.73. The summed E-state index contributed by atoms with van der Waals surface area (Å²) in [7, 11) is 2.93. The molecular weight excluding hydrogens is 178 g/mol. The lowest BCUT2D eigenvalue weighted by Gasteiger charge is -2.14. The number of carboxylic acids is 1. The maximum Gasteiger partial charge on any atom is 0.322 e. The Hall–Kier alpha value is -0.690. The summed E-state index contributed by atoms with van der Waals surface area (Å²) in [5.41, 5.74) is 5.18. The van der Waals surface area contributed by atoms with Gasteiger partial charge in [0.15, 0.2) is 6.29 Å². The minimum atomic E-state index is -1.09. The van der Waals surface area contributed by atoms with Crippen LogP contribution >= 0.6 is 0 Å². The molecule has 0 aromatic heterocycles. The van der Waals surface area contributed by atoms with E-state index >= 15 is 0 Å². The van der Waals surface area contributed by atoms with Gasteiger partial charge >= 0.3 is 5.97 Å². The highest BCUT2D eigenvalue weighted by Crippen LogP contribution is 1.92. The standard InChI is InChI=1S/C7H15NO5/c1-11-6(12-2)4-13-3-5(8)7(9)10/h5-6H,3-4,8H2,1-2H3,(H,9,10)/t5-/m0/s1. The van der Waals surface area contributed by atoms with Gasteiger partial charge in [-0.2, -0.15) is 0 Å². The Morgan fingerprint density at radius 1 is 1.38 bits per heavy atom. The summed E-state index contributed by atoms with van der Waals surface area (Å²) in [6.45, 7) is 0.104. The molecule has 78 valence electrons. The predicted molar refractivity (Wildman–Crippen MR) is 44.2 cm³/mol. The lowest BCUT2D eigenvalue weighted by molar-refractivity contribution is -0.149. The molecule has 0 saturated carbocycles. The van der Waals surface area contributed by atoms with Gasteiger partial charge in [-0.3, -0.25) is 4.79 Å². The van der Waals surface area contributed by atoms with E-state index in [4.69, 9.17) is 25.1 Å². The van der Waals surface area contributed by atoms with Crippen LogP contribution in [0.15, 0.2) is 0 Å². The largest absolute Gasteiger partial charge is 0.480 e. The third kappa shape index (κ3) is 5.53. The molecular formula is C7H15NO5. The van der Waals surface area contributed by atoms with Crippen molar-refractivity contribution in [1.82, 2.24) is 0 Å². The minimum Gasteiger partial charge on any atom is -0.480 e. The fraction of sp³-hybridized carbons (Fsp3) is 0.857. The van der Waals surface area contributed by atoms with Gasteiger partial charge in [-0.05, 0) is 0 Å². The van der Waals surface area contributed by atoms with E-state index in [1.54, 1.807) is 0 Å². The van der Waals surface area contributed by atoms with Gasteiger partial charge in [0.1, 0.15) is 6.04 Å². The Morgan fingerprint density at radius 3 is 2.31 bits per heavy atom. The van der Waals surface area contributed by atoms with Gasteiger partial charge in [0.2, 0.25) is 0 Å². The highest BCUT2D eigenvalue weighted by Gasteiger charge is 2.12. The minimum absolute atomic E-state index is 0.0570. The summed E-state index contributed by atoms with van der Waals surface area (Å²) in [5.74, 6) is -1.09. The van der Waals surface area contributed by atoms with Crippen LogP contribution < -0.4 is 5.73 Å². The van der Waals surface area contributed by atoms with Crippen molar-refractivity contribution < 1.29 is 24.1 Å². The van der Waals surface area contributed by atoms with Crippen LogP contribution in [-0.4, -0.2) is 50.8 Å². The summed E-state index contributed by atoms with van der Waals surface area (Å²) in [5, 5.41) is 8.39. The second-order valence-corrected chi connectivity index (χ2v) is 2.38. The number of rotatable bonds is 7. The molecule has 0 amide bonds. The lowest BCUT2D eigenvalue weighted by atomic mass is 10.3. The molecule has 0 aromatic rings. The van der Waals surface area contributed by atoms with Gasteiger partial charge < -0.3 is 25.1 Å². The highest BCUT2D eigenvalue weighted by atomic mass is 16.7. The van der Waals surface area contributed by atoms with Crippen molar-refractivity contribution in [3.8, 4) is 0 Å². The van der Waals surface area contributed by atoms with Crippen LogP contribution in [0.3, 0.4) is 0 Å². The Bertz CT molecular complexity index is 148. The molecule has 0 aliphatic rings. The van der Waals surface area contributed by atoms with Crippen LogP contribution in [0, 0.1) is 0 Å². The van der Waals surface area contributed by atoms with Crippen molar-refractivity contribution in [3.05, 3.63) is 0 Å². The number of carbonyl (C=O) groups is 1. The first-order valence-electron chi connectivity index (χ1n) is 3.73. The number of hydrogen-bond acceptors (Lipinski definition) is 5. The van der Waals surface area contributed by atoms with Gasteiger partial charge in [0.05, 0.1) is 13.2 Å². The van der Waals surface area contributed by atoms with Crippen molar-refractivity contribution in [1.29, 1.82) is 0 Å². The van der Waals surface area contributed by atoms with Crippen LogP contribution in [0.1, 0.15) is 0 Å². The fourth-order valence-electron chi connectivity index (χ4n) is 0.595. The molecule has 0 aliphatic heterocycles. The van der Waals surface area contributed by atoms with Crippen molar-refractivity contribution >= 4 is 5.97 Å². The van der Waals surface area contributed by atoms with E-state index in [0.717, 1.165) is 0 Å². The number of nitrogens with two attached hydrogens (primary N) is 1. The van der Waals surface area contributed by atoms with Gasteiger partial charge in [-0.1, -0.05) is 0 Å². The molecule has 0 rings (SSSR count). The second kappa shape index (κ2) is 6.79. The maximum atomic E-state index is 10.2. The van der Waals surface area contributed by atoms with E-state index in [0.29, 0.717) is 0 Å². The van der Waals surface area contributed by atoms with E-state index in [1.807, 2.05) is 0 Å². The monoisotopic (exact) mass is 193 g/mol. The molecule has 0 radical (unpaired) electrons. The Kier molecular flexibility index (Phi) is 6.43. The first-order valence-corrected chi connectivity index (χ1v) is 3.73. The van der Waals surface area contributed by atoms with Crippen molar-refractivity contribution in [2.24, 2.45) is 5.73 Å². The van der Waals surface area contributed by atoms with Crippen LogP contribution in [0.4, 0.5) is 0 Å². The molecule has 1 atom stereocenters.